The summed E-state index contributed by atoms with van der Waals surface area (Å²) < 4.78 is 0. The van der Waals surface area contributed by atoms with Gasteiger partial charge in [0.2, 0.25) is 0 Å². The van der Waals surface area contributed by atoms with Crippen molar-refractivity contribution in [3.05, 3.63) is 59.7 Å². The molecule has 21 heavy (non-hydrogen) atoms. The van der Waals surface area contributed by atoms with Crippen molar-refractivity contribution in [2.24, 2.45) is 0 Å². The van der Waals surface area contributed by atoms with Crippen molar-refractivity contribution in [3.8, 4) is 11.5 Å². The summed E-state index contributed by atoms with van der Waals surface area (Å²) in [6.45, 7) is 0. The second kappa shape index (κ2) is 9.48. The minimum atomic E-state index is -1.43. The molecule has 2 N–H and O–H groups in total. The number of aromatic hydroxyl groups is 1. The van der Waals surface area contributed by atoms with Gasteiger partial charge in [-0.3, -0.25) is 0 Å². The van der Waals surface area contributed by atoms with E-state index in [4.69, 9.17) is 10.2 Å². The van der Waals surface area contributed by atoms with Crippen LogP contribution >= 0.6 is 0 Å². The van der Waals surface area contributed by atoms with Crippen LogP contribution in [0.2, 0.25) is 0 Å². The predicted octanol–water partition coefficient (Wildman–Crippen LogP) is -0.167. The molecule has 0 saturated carbocycles. The fourth-order valence-electron chi connectivity index (χ4n) is 1.29. The molecule has 2 rings (SSSR count). The van der Waals surface area contributed by atoms with E-state index in [1.807, 2.05) is 0 Å². The summed E-state index contributed by atoms with van der Waals surface area (Å²) in [7, 11) is 0. The molecule has 0 atom stereocenters. The van der Waals surface area contributed by atoms with Crippen LogP contribution in [0.5, 0.6) is 11.5 Å². The molecule has 7 heteroatoms. The van der Waals surface area contributed by atoms with Crippen molar-refractivity contribution < 1.29 is 30.0 Å². The Balaban J connectivity index is 0.000000364. The third kappa shape index (κ3) is 6.23. The average molecular weight is 412 g/mol. The Bertz CT molecular complexity index is 571. The van der Waals surface area contributed by atoms with Crippen LogP contribution < -0.4 is 10.2 Å². The molecule has 0 aliphatic heterocycles. The van der Waals surface area contributed by atoms with E-state index < -0.39 is 17.7 Å². The molecular formula is C14H10BaO6. The van der Waals surface area contributed by atoms with Gasteiger partial charge in [-0.1, -0.05) is 42.1 Å². The molecule has 6 nitrogen and oxygen atoms in total. The average Bonchev–Trinajstić information content (AvgIpc) is 2.40. The second-order valence-corrected chi connectivity index (χ2v) is 3.61. The Kier molecular flexibility index (Phi) is 8.83. The van der Waals surface area contributed by atoms with Gasteiger partial charge >= 0.3 is 54.9 Å². The Hall–Kier alpha value is -1.45. The number of carboxylic acid groups (broad SMARTS) is 2. The first-order chi connectivity index (χ1) is 9.43. The first kappa shape index (κ1) is 19.6. The molecule has 0 aliphatic rings. The van der Waals surface area contributed by atoms with Crippen LogP contribution in [0.15, 0.2) is 48.5 Å². The van der Waals surface area contributed by atoms with E-state index in [0.29, 0.717) is 0 Å². The molecule has 0 bridgehead atoms. The number of aromatic carboxylic acids is 2. The van der Waals surface area contributed by atoms with E-state index in [2.05, 4.69) is 0 Å². The van der Waals surface area contributed by atoms with Gasteiger partial charge in [0.15, 0.2) is 0 Å². The SMILES string of the molecule is O=C(O)c1ccccc1O.O=C([O-])c1ccccc1[O-].[Ba+2]. The van der Waals surface area contributed by atoms with Crippen molar-refractivity contribution in [1.29, 1.82) is 0 Å². The fourth-order valence-corrected chi connectivity index (χ4v) is 1.29. The fraction of sp³-hybridized carbons (Fsp3) is 0. The molecule has 0 fully saturated rings. The second-order valence-electron chi connectivity index (χ2n) is 3.61. The third-order valence-corrected chi connectivity index (χ3v) is 2.24. The van der Waals surface area contributed by atoms with Gasteiger partial charge in [0.05, 0.1) is 5.97 Å². The van der Waals surface area contributed by atoms with Crippen LogP contribution in [-0.4, -0.2) is 71.0 Å². The Morgan fingerprint density at radius 3 is 1.71 bits per heavy atom. The Morgan fingerprint density at radius 2 is 1.38 bits per heavy atom. The molecule has 0 unspecified atom stereocenters. The van der Waals surface area contributed by atoms with E-state index in [9.17, 15) is 19.8 Å². The zero-order valence-corrected chi connectivity index (χ0v) is 15.3. The minimum Gasteiger partial charge on any atom is -0.872 e. The van der Waals surface area contributed by atoms with Crippen molar-refractivity contribution in [1.82, 2.24) is 0 Å². The quantitative estimate of drug-likeness (QED) is 0.662. The zero-order chi connectivity index (χ0) is 15.1. The van der Waals surface area contributed by atoms with E-state index >= 15 is 0 Å². The summed E-state index contributed by atoms with van der Waals surface area (Å²) in [5, 5.41) is 38.1. The van der Waals surface area contributed by atoms with Gasteiger partial charge in [0.25, 0.3) is 0 Å². The molecule has 0 saturated heterocycles. The largest absolute Gasteiger partial charge is 2.00 e. The smallest absolute Gasteiger partial charge is 0.872 e. The van der Waals surface area contributed by atoms with Crippen LogP contribution in [0.1, 0.15) is 20.7 Å². The standard InChI is InChI=1S/2C7H6O3.Ba/c2*8-6-4-2-1-3-5(6)7(9)10;/h2*1-4,8H,(H,9,10);/q;;+2/p-2. The normalized spacial score (nSPS) is 8.76. The zero-order valence-electron chi connectivity index (χ0n) is 10.9. The van der Waals surface area contributed by atoms with Crippen LogP contribution in [0.3, 0.4) is 0 Å². The summed E-state index contributed by atoms with van der Waals surface area (Å²) in [5.41, 5.74) is -0.356. The van der Waals surface area contributed by atoms with Crippen LogP contribution in [-0.2, 0) is 0 Å². The molecule has 104 valence electrons. The van der Waals surface area contributed by atoms with Crippen molar-refractivity contribution in [3.63, 3.8) is 0 Å². The predicted molar refractivity (Wildman–Crippen MR) is 71.0 cm³/mol. The van der Waals surface area contributed by atoms with Crippen molar-refractivity contribution >= 4 is 60.8 Å². The van der Waals surface area contributed by atoms with Crippen molar-refractivity contribution in [2.45, 2.75) is 0 Å². The third-order valence-electron chi connectivity index (χ3n) is 2.24. The molecular weight excluding hydrogens is 401 g/mol. The molecule has 0 amide bonds. The van der Waals surface area contributed by atoms with E-state index in [-0.39, 0.29) is 65.8 Å². The van der Waals surface area contributed by atoms with E-state index in [0.717, 1.165) is 0 Å². The number of carbonyl (C=O) groups excluding carboxylic acids is 1. The van der Waals surface area contributed by atoms with Crippen LogP contribution in [0.25, 0.3) is 0 Å². The van der Waals surface area contributed by atoms with Gasteiger partial charge < -0.3 is 25.2 Å². The number of rotatable bonds is 2. The number of carboxylic acids is 2. The van der Waals surface area contributed by atoms with Gasteiger partial charge in [-0.15, -0.1) is 0 Å². The van der Waals surface area contributed by atoms with Crippen molar-refractivity contribution in [2.75, 3.05) is 0 Å². The van der Waals surface area contributed by atoms with Crippen LogP contribution in [0.4, 0.5) is 0 Å². The van der Waals surface area contributed by atoms with Gasteiger partial charge in [-0.25, -0.2) is 4.79 Å². The topological polar surface area (TPSA) is 121 Å². The summed E-state index contributed by atoms with van der Waals surface area (Å²) in [5.74, 6) is -3.25. The monoisotopic (exact) mass is 412 g/mol. The van der Waals surface area contributed by atoms with E-state index in [1.54, 1.807) is 12.1 Å². The number of para-hydroxylation sites is 2. The number of hydrogen-bond acceptors (Lipinski definition) is 5. The first-order valence-electron chi connectivity index (χ1n) is 5.42. The molecule has 0 heterocycles. The number of phenols is 1. The minimum absolute atomic E-state index is 0. The number of benzene rings is 2. The summed E-state index contributed by atoms with van der Waals surface area (Å²) in [6.07, 6.45) is 0. The van der Waals surface area contributed by atoms with Crippen LogP contribution in [0, 0.1) is 0 Å². The number of carbonyl (C=O) groups is 2. The maximum absolute atomic E-state index is 10.6. The molecule has 2 aromatic carbocycles. The number of hydrogen-bond donors (Lipinski definition) is 2. The van der Waals surface area contributed by atoms with Gasteiger partial charge in [-0.05, 0) is 17.7 Å². The molecule has 0 radical (unpaired) electrons. The Morgan fingerprint density at radius 1 is 0.905 bits per heavy atom. The molecule has 0 aromatic heterocycles. The maximum Gasteiger partial charge on any atom is 2.00 e. The molecule has 0 spiro atoms. The Labute approximate surface area is 160 Å². The van der Waals surface area contributed by atoms with Gasteiger partial charge in [0, 0.05) is 0 Å². The first-order valence-corrected chi connectivity index (χ1v) is 5.42. The molecule has 2 aromatic rings. The van der Waals surface area contributed by atoms with Gasteiger partial charge in [-0.2, -0.15) is 0 Å². The summed E-state index contributed by atoms with van der Waals surface area (Å²) >= 11 is 0. The maximum atomic E-state index is 10.6. The van der Waals surface area contributed by atoms with E-state index in [1.165, 1.54) is 36.4 Å². The molecule has 0 aliphatic carbocycles. The summed E-state index contributed by atoms with van der Waals surface area (Å²) in [6, 6.07) is 11.2. The summed E-state index contributed by atoms with van der Waals surface area (Å²) in [4.78, 5) is 20.4. The van der Waals surface area contributed by atoms with Gasteiger partial charge in [0.1, 0.15) is 11.3 Å².